The lowest BCUT2D eigenvalue weighted by atomic mass is 9.77. The van der Waals surface area contributed by atoms with Crippen molar-refractivity contribution in [3.05, 3.63) is 114 Å². The van der Waals surface area contributed by atoms with Gasteiger partial charge in [0.05, 0.1) is 19.1 Å². The van der Waals surface area contributed by atoms with E-state index in [1.807, 2.05) is 65.5 Å². The van der Waals surface area contributed by atoms with Gasteiger partial charge in [0.2, 0.25) is 0 Å². The van der Waals surface area contributed by atoms with Gasteiger partial charge in [-0.1, -0.05) is 96.2 Å². The Hall–Kier alpha value is -2.94. The molecule has 3 aromatic carbocycles. The first-order valence-electron chi connectivity index (χ1n) is 10.1. The second kappa shape index (κ2) is 9.68. The van der Waals surface area contributed by atoms with Gasteiger partial charge in [0.1, 0.15) is 10.6 Å². The van der Waals surface area contributed by atoms with Crippen molar-refractivity contribution in [2.45, 2.75) is 10.6 Å². The van der Waals surface area contributed by atoms with Crippen molar-refractivity contribution in [1.29, 1.82) is 0 Å². The number of thioether (sulfide) groups is 1. The molecule has 6 nitrogen and oxygen atoms in total. The fourth-order valence-electron chi connectivity index (χ4n) is 3.75. The fourth-order valence-corrected chi connectivity index (χ4v) is 4.88. The Balaban J connectivity index is 1.80. The third kappa shape index (κ3) is 4.77. The molecule has 164 valence electrons. The van der Waals surface area contributed by atoms with Crippen molar-refractivity contribution in [3.8, 4) is 0 Å². The maximum Gasteiger partial charge on any atom is 0.264 e. The quantitative estimate of drug-likeness (QED) is 0.160. The maximum absolute atomic E-state index is 11.2. The van der Waals surface area contributed by atoms with E-state index in [-0.39, 0.29) is 6.61 Å². The van der Waals surface area contributed by atoms with E-state index in [1.54, 1.807) is 0 Å². The van der Waals surface area contributed by atoms with E-state index in [2.05, 4.69) is 46.7 Å². The number of hydrogen-bond acceptors (Lipinski definition) is 6. The van der Waals surface area contributed by atoms with Gasteiger partial charge >= 0.3 is 0 Å². The van der Waals surface area contributed by atoms with Crippen LogP contribution in [0.5, 0.6) is 0 Å². The summed E-state index contributed by atoms with van der Waals surface area (Å²) in [5.74, 6) is 0.445. The van der Waals surface area contributed by atoms with Gasteiger partial charge in [0, 0.05) is 5.75 Å². The summed E-state index contributed by atoms with van der Waals surface area (Å²) in [7, 11) is -3.46. The smallest absolute Gasteiger partial charge is 0.264 e. The Kier molecular flexibility index (Phi) is 6.74. The van der Waals surface area contributed by atoms with Crippen LogP contribution in [0.1, 0.15) is 16.7 Å². The summed E-state index contributed by atoms with van der Waals surface area (Å²) < 4.78 is 29.1. The molecule has 0 radical (unpaired) electrons. The van der Waals surface area contributed by atoms with Crippen molar-refractivity contribution >= 4 is 21.9 Å². The highest BCUT2D eigenvalue weighted by Crippen LogP contribution is 2.40. The minimum atomic E-state index is -3.46. The molecule has 1 aromatic heterocycles. The van der Waals surface area contributed by atoms with Gasteiger partial charge in [0.25, 0.3) is 10.1 Å². The molecule has 0 saturated carbocycles. The van der Waals surface area contributed by atoms with Crippen LogP contribution in [0.4, 0.5) is 0 Å². The molecule has 0 fully saturated rings. The molecule has 0 aliphatic rings. The Bertz CT molecular complexity index is 1150. The average Bonchev–Trinajstić information content (AvgIpc) is 3.28. The van der Waals surface area contributed by atoms with Crippen molar-refractivity contribution in [3.63, 3.8) is 0 Å². The summed E-state index contributed by atoms with van der Waals surface area (Å²) in [6, 6.07) is 30.6. The van der Waals surface area contributed by atoms with Crippen LogP contribution in [0.2, 0.25) is 0 Å². The van der Waals surface area contributed by atoms with E-state index < -0.39 is 15.7 Å². The fraction of sp³-hybridized carbons (Fsp3) is 0.167. The number of rotatable bonds is 9. The summed E-state index contributed by atoms with van der Waals surface area (Å²) in [5, 5.41) is 9.58. The molecule has 4 aromatic rings. The van der Waals surface area contributed by atoms with E-state index in [4.69, 9.17) is 4.18 Å². The molecule has 32 heavy (non-hydrogen) atoms. The van der Waals surface area contributed by atoms with E-state index in [9.17, 15) is 8.42 Å². The van der Waals surface area contributed by atoms with E-state index in [0.717, 1.165) is 22.9 Å². The van der Waals surface area contributed by atoms with E-state index in [0.29, 0.717) is 10.8 Å². The van der Waals surface area contributed by atoms with Crippen molar-refractivity contribution in [2.75, 3.05) is 18.6 Å². The molecular weight excluding hydrogens is 442 g/mol. The van der Waals surface area contributed by atoms with Crippen LogP contribution >= 0.6 is 11.8 Å². The summed E-state index contributed by atoms with van der Waals surface area (Å²) in [4.78, 5) is 0. The third-order valence-electron chi connectivity index (χ3n) is 5.02. The number of benzene rings is 3. The zero-order chi connectivity index (χ0) is 22.4. The van der Waals surface area contributed by atoms with Gasteiger partial charge in [-0.2, -0.15) is 8.42 Å². The molecule has 0 amide bonds. The first kappa shape index (κ1) is 22.3. The highest BCUT2D eigenvalue weighted by molar-refractivity contribution is 7.99. The Morgan fingerprint density at radius 3 is 1.75 bits per heavy atom. The normalized spacial score (nSPS) is 12.0. The second-order valence-electron chi connectivity index (χ2n) is 7.18. The lowest BCUT2D eigenvalue weighted by Gasteiger charge is -2.35. The van der Waals surface area contributed by atoms with Gasteiger partial charge in [-0.05, 0) is 16.7 Å². The molecule has 8 heteroatoms. The minimum Gasteiger partial charge on any atom is -0.269 e. The Morgan fingerprint density at radius 1 is 0.844 bits per heavy atom. The third-order valence-corrected chi connectivity index (χ3v) is 6.47. The van der Waals surface area contributed by atoms with Gasteiger partial charge in [-0.15, -0.1) is 16.9 Å². The van der Waals surface area contributed by atoms with Crippen molar-refractivity contribution < 1.29 is 12.6 Å². The molecule has 0 bridgehead atoms. The molecule has 1 heterocycles. The molecule has 0 N–H and O–H groups in total. The van der Waals surface area contributed by atoms with E-state index in [1.165, 1.54) is 11.8 Å². The van der Waals surface area contributed by atoms with Crippen LogP contribution in [0.25, 0.3) is 0 Å². The van der Waals surface area contributed by atoms with Crippen LogP contribution in [0, 0.1) is 0 Å². The molecule has 0 saturated heterocycles. The highest BCUT2D eigenvalue weighted by atomic mass is 32.2. The monoisotopic (exact) mass is 465 g/mol. The van der Waals surface area contributed by atoms with Crippen LogP contribution in [0.3, 0.4) is 0 Å². The Labute approximate surface area is 192 Å². The predicted molar refractivity (Wildman–Crippen MR) is 126 cm³/mol. The standard InChI is InChI=1S/C24H23N3O3S2/c1-32(28,29)30-17-18-31-23-19-27(26-25-23)24(20-11-5-2-6-12-20,21-13-7-3-8-14-21)22-15-9-4-10-16-22/h2-16,19H,17-18H2,1H3. The van der Waals surface area contributed by atoms with Gasteiger partial charge < -0.3 is 0 Å². The molecule has 4 rings (SSSR count). The van der Waals surface area contributed by atoms with Gasteiger partial charge in [-0.3, -0.25) is 4.18 Å². The van der Waals surface area contributed by atoms with Crippen LogP contribution in [-0.4, -0.2) is 42.0 Å². The topological polar surface area (TPSA) is 74.1 Å². The molecule has 0 spiro atoms. The van der Waals surface area contributed by atoms with Crippen LogP contribution < -0.4 is 0 Å². The summed E-state index contributed by atoms with van der Waals surface area (Å²) in [5.41, 5.74) is 2.44. The first-order valence-corrected chi connectivity index (χ1v) is 12.9. The zero-order valence-electron chi connectivity index (χ0n) is 17.5. The molecule has 0 aliphatic heterocycles. The van der Waals surface area contributed by atoms with Gasteiger partial charge in [0.15, 0.2) is 0 Å². The lowest BCUT2D eigenvalue weighted by molar-refractivity contribution is 0.345. The maximum atomic E-state index is 11.2. The van der Waals surface area contributed by atoms with Crippen molar-refractivity contribution in [1.82, 2.24) is 15.0 Å². The van der Waals surface area contributed by atoms with Crippen LogP contribution in [0.15, 0.2) is 102 Å². The van der Waals surface area contributed by atoms with Crippen molar-refractivity contribution in [2.24, 2.45) is 0 Å². The zero-order valence-corrected chi connectivity index (χ0v) is 19.2. The lowest BCUT2D eigenvalue weighted by Crippen LogP contribution is -2.38. The minimum absolute atomic E-state index is 0.0809. The molecule has 0 unspecified atom stereocenters. The van der Waals surface area contributed by atoms with E-state index >= 15 is 0 Å². The molecular formula is C24H23N3O3S2. The summed E-state index contributed by atoms with van der Waals surface area (Å²) >= 11 is 1.40. The molecule has 0 aliphatic carbocycles. The summed E-state index contributed by atoms with van der Waals surface area (Å²) in [6.45, 7) is 0.0809. The number of aromatic nitrogens is 3. The Morgan fingerprint density at radius 2 is 1.31 bits per heavy atom. The summed E-state index contributed by atoms with van der Waals surface area (Å²) in [6.07, 6.45) is 2.94. The van der Waals surface area contributed by atoms with Gasteiger partial charge in [-0.25, -0.2) is 4.68 Å². The SMILES string of the molecule is CS(=O)(=O)OCCSc1cn(C(c2ccccc2)(c2ccccc2)c2ccccc2)nn1. The number of nitrogens with zero attached hydrogens (tertiary/aromatic N) is 3. The average molecular weight is 466 g/mol. The largest absolute Gasteiger partial charge is 0.269 e. The van der Waals surface area contributed by atoms with Crippen LogP contribution in [-0.2, 0) is 19.8 Å². The predicted octanol–water partition coefficient (Wildman–Crippen LogP) is 4.19. The highest BCUT2D eigenvalue weighted by Gasteiger charge is 2.39. The second-order valence-corrected chi connectivity index (χ2v) is 9.94. The first-order chi connectivity index (χ1) is 15.5. The molecule has 0 atom stereocenters. The number of hydrogen-bond donors (Lipinski definition) is 0.